The van der Waals surface area contributed by atoms with Crippen LogP contribution in [0.15, 0.2) is 64.6 Å². The van der Waals surface area contributed by atoms with Crippen molar-refractivity contribution < 1.29 is 9.21 Å². The number of hydrogen-bond donors (Lipinski definition) is 0. The van der Waals surface area contributed by atoms with Crippen molar-refractivity contribution >= 4 is 23.5 Å². The molecule has 1 heterocycles. The molecule has 0 spiro atoms. The summed E-state index contributed by atoms with van der Waals surface area (Å²) < 4.78 is 5.72. The Bertz CT molecular complexity index is 1020. The summed E-state index contributed by atoms with van der Waals surface area (Å²) in [7, 11) is 0. The molecule has 3 nitrogen and oxygen atoms in total. The van der Waals surface area contributed by atoms with Crippen LogP contribution in [0.1, 0.15) is 27.2 Å². The number of rotatable bonds is 4. The van der Waals surface area contributed by atoms with Crippen LogP contribution in [-0.4, -0.2) is 5.78 Å². The molecule has 0 saturated carbocycles. The molecule has 0 saturated heterocycles. The minimum Gasteiger partial charge on any atom is -0.461 e. The number of halogens is 1. The van der Waals surface area contributed by atoms with Crippen LogP contribution in [0.2, 0.25) is 5.02 Å². The predicted octanol–water partition coefficient (Wildman–Crippen LogP) is 6.01. The average Bonchev–Trinajstić information content (AvgIpc) is 3.03. The van der Waals surface area contributed by atoms with Gasteiger partial charge in [0.1, 0.15) is 23.2 Å². The van der Waals surface area contributed by atoms with E-state index in [1.807, 2.05) is 49.4 Å². The minimum absolute atomic E-state index is 0.0698. The molecular formula is C22H16ClNO2. The molecular weight excluding hydrogens is 346 g/mol. The monoisotopic (exact) mass is 361 g/mol. The lowest BCUT2D eigenvalue weighted by Crippen LogP contribution is -2.02. The Labute approximate surface area is 157 Å². The molecule has 128 valence electrons. The van der Waals surface area contributed by atoms with E-state index in [1.165, 1.54) is 0 Å². The van der Waals surface area contributed by atoms with Gasteiger partial charge in [-0.3, -0.25) is 4.79 Å². The molecule has 0 amide bonds. The Morgan fingerprint density at radius 1 is 1.08 bits per heavy atom. The molecule has 0 fully saturated rings. The number of aryl methyl sites for hydroxylation is 2. The summed E-state index contributed by atoms with van der Waals surface area (Å²) in [4.78, 5) is 12.8. The van der Waals surface area contributed by atoms with E-state index >= 15 is 0 Å². The van der Waals surface area contributed by atoms with Gasteiger partial charge in [-0.25, -0.2) is 0 Å². The molecule has 26 heavy (non-hydrogen) atoms. The number of ketones is 1. The number of carbonyl (C=O) groups is 1. The zero-order chi connectivity index (χ0) is 18.7. The molecule has 0 unspecified atom stereocenters. The smallest absolute Gasteiger partial charge is 0.207 e. The summed E-state index contributed by atoms with van der Waals surface area (Å²) in [6.07, 6.45) is 1.59. The quantitative estimate of drug-likeness (QED) is 0.325. The van der Waals surface area contributed by atoms with Crippen molar-refractivity contribution in [1.82, 2.24) is 0 Å². The van der Waals surface area contributed by atoms with E-state index in [2.05, 4.69) is 0 Å². The number of nitrogens with zero attached hydrogens (tertiary/aromatic N) is 1. The number of nitriles is 1. The normalized spacial score (nSPS) is 11.2. The number of allylic oxidation sites excluding steroid dienone is 1. The zero-order valence-electron chi connectivity index (χ0n) is 14.4. The maximum atomic E-state index is 12.8. The number of benzene rings is 2. The molecule has 0 aliphatic carbocycles. The lowest BCUT2D eigenvalue weighted by Gasteiger charge is -1.99. The van der Waals surface area contributed by atoms with Crippen molar-refractivity contribution in [1.29, 1.82) is 5.26 Å². The fraction of sp³-hybridized carbons (Fsp3) is 0.0909. The Morgan fingerprint density at radius 3 is 2.35 bits per heavy atom. The highest BCUT2D eigenvalue weighted by atomic mass is 35.5. The number of hydrogen-bond acceptors (Lipinski definition) is 3. The topological polar surface area (TPSA) is 54.0 Å². The van der Waals surface area contributed by atoms with Gasteiger partial charge in [0.2, 0.25) is 5.78 Å². The SMILES string of the molecule is Cc1ccc(/C=C(\C#N)C(=O)c2cc(-c3ccc(Cl)cc3)oc2C)cc1. The molecule has 0 bridgehead atoms. The van der Waals surface area contributed by atoms with Gasteiger partial charge >= 0.3 is 0 Å². The second kappa shape index (κ2) is 7.43. The molecule has 3 aromatic rings. The average molecular weight is 362 g/mol. The highest BCUT2D eigenvalue weighted by Gasteiger charge is 2.19. The first-order valence-corrected chi connectivity index (χ1v) is 8.45. The molecule has 4 heteroatoms. The lowest BCUT2D eigenvalue weighted by molar-refractivity contribution is 0.103. The lowest BCUT2D eigenvalue weighted by atomic mass is 10.0. The van der Waals surface area contributed by atoms with Gasteiger partial charge in [-0.05, 0) is 55.8 Å². The van der Waals surface area contributed by atoms with E-state index in [0.717, 1.165) is 16.7 Å². The van der Waals surface area contributed by atoms with Crippen LogP contribution in [0.4, 0.5) is 0 Å². The second-order valence-electron chi connectivity index (χ2n) is 6.00. The van der Waals surface area contributed by atoms with Crippen LogP contribution >= 0.6 is 11.6 Å². The van der Waals surface area contributed by atoms with Crippen molar-refractivity contribution in [3.8, 4) is 17.4 Å². The molecule has 0 atom stereocenters. The highest BCUT2D eigenvalue weighted by Crippen LogP contribution is 2.28. The standard InChI is InChI=1S/C22H16ClNO2/c1-14-3-5-16(6-4-14)11-18(13-24)22(25)20-12-21(26-15(20)2)17-7-9-19(23)10-8-17/h3-12H,1-2H3/b18-11+. The molecule has 0 aliphatic rings. The third-order valence-corrected chi connectivity index (χ3v) is 4.30. The molecule has 3 rings (SSSR count). The molecule has 1 aromatic heterocycles. The Morgan fingerprint density at radius 2 is 1.73 bits per heavy atom. The van der Waals surface area contributed by atoms with Gasteiger partial charge in [0, 0.05) is 10.6 Å². The second-order valence-corrected chi connectivity index (χ2v) is 6.43. The van der Waals surface area contributed by atoms with E-state index in [0.29, 0.717) is 22.1 Å². The van der Waals surface area contributed by atoms with E-state index in [-0.39, 0.29) is 11.4 Å². The fourth-order valence-corrected chi connectivity index (χ4v) is 2.71. The first kappa shape index (κ1) is 17.7. The summed E-state index contributed by atoms with van der Waals surface area (Å²) in [6.45, 7) is 3.70. The van der Waals surface area contributed by atoms with Crippen molar-refractivity contribution in [2.24, 2.45) is 0 Å². The Hall–Kier alpha value is -3.09. The Balaban J connectivity index is 1.95. The number of Topliss-reactive ketones (excluding diaryl/α,β-unsaturated/α-hetero) is 1. The third kappa shape index (κ3) is 3.77. The largest absolute Gasteiger partial charge is 0.461 e. The van der Waals surface area contributed by atoms with Gasteiger partial charge in [-0.1, -0.05) is 41.4 Å². The third-order valence-electron chi connectivity index (χ3n) is 4.04. The zero-order valence-corrected chi connectivity index (χ0v) is 15.2. The summed E-state index contributed by atoms with van der Waals surface area (Å²) in [5, 5.41) is 10.1. The van der Waals surface area contributed by atoms with E-state index in [4.69, 9.17) is 16.0 Å². The van der Waals surface area contributed by atoms with Gasteiger partial charge < -0.3 is 4.42 Å². The maximum absolute atomic E-state index is 12.8. The van der Waals surface area contributed by atoms with Crippen molar-refractivity contribution in [2.75, 3.05) is 0 Å². The molecule has 0 N–H and O–H groups in total. The van der Waals surface area contributed by atoms with Gasteiger partial charge in [0.25, 0.3) is 0 Å². The number of furan rings is 1. The van der Waals surface area contributed by atoms with Crippen LogP contribution in [-0.2, 0) is 0 Å². The first-order chi connectivity index (χ1) is 12.5. The molecule has 0 radical (unpaired) electrons. The predicted molar refractivity (Wildman–Crippen MR) is 103 cm³/mol. The van der Waals surface area contributed by atoms with Crippen molar-refractivity contribution in [2.45, 2.75) is 13.8 Å². The van der Waals surface area contributed by atoms with Crippen LogP contribution in [0.5, 0.6) is 0 Å². The summed E-state index contributed by atoms with van der Waals surface area (Å²) >= 11 is 5.90. The molecule has 2 aromatic carbocycles. The van der Waals surface area contributed by atoms with Crippen LogP contribution in [0.25, 0.3) is 17.4 Å². The van der Waals surface area contributed by atoms with Crippen molar-refractivity contribution in [3.63, 3.8) is 0 Å². The summed E-state index contributed by atoms with van der Waals surface area (Å²) in [5.74, 6) is 0.690. The first-order valence-electron chi connectivity index (χ1n) is 8.07. The highest BCUT2D eigenvalue weighted by molar-refractivity contribution is 6.30. The molecule has 0 aliphatic heterocycles. The van der Waals surface area contributed by atoms with E-state index in [1.54, 1.807) is 31.2 Å². The van der Waals surface area contributed by atoms with Crippen LogP contribution in [0, 0.1) is 25.2 Å². The van der Waals surface area contributed by atoms with E-state index < -0.39 is 0 Å². The summed E-state index contributed by atoms with van der Waals surface area (Å²) in [5.41, 5.74) is 3.19. The van der Waals surface area contributed by atoms with Crippen LogP contribution < -0.4 is 0 Å². The van der Waals surface area contributed by atoms with Gasteiger partial charge in [-0.2, -0.15) is 5.26 Å². The fourth-order valence-electron chi connectivity index (χ4n) is 2.59. The maximum Gasteiger partial charge on any atom is 0.207 e. The van der Waals surface area contributed by atoms with Gasteiger partial charge in [0.05, 0.1) is 5.56 Å². The number of carbonyl (C=O) groups excluding carboxylic acids is 1. The van der Waals surface area contributed by atoms with E-state index in [9.17, 15) is 10.1 Å². The van der Waals surface area contributed by atoms with Crippen molar-refractivity contribution in [3.05, 3.63) is 87.6 Å². The van der Waals surface area contributed by atoms with Gasteiger partial charge in [-0.15, -0.1) is 0 Å². The van der Waals surface area contributed by atoms with Crippen LogP contribution in [0.3, 0.4) is 0 Å². The Kier molecular flexibility index (Phi) is 5.06. The summed E-state index contributed by atoms with van der Waals surface area (Å²) in [6, 6.07) is 18.5. The minimum atomic E-state index is -0.352. The van der Waals surface area contributed by atoms with Gasteiger partial charge in [0.15, 0.2) is 0 Å².